The van der Waals surface area contributed by atoms with E-state index in [4.69, 9.17) is 20.8 Å². The SMILES string of the molecule is Cc1nc(Cn2cc(C(=O)N3CCC4(CC3)OCc3ccccc34)c3ccc(Cl)cc32)c(C)o1. The van der Waals surface area contributed by atoms with Gasteiger partial charge in [0.2, 0.25) is 0 Å². The normalized spacial score (nSPS) is 17.0. The van der Waals surface area contributed by atoms with Crippen molar-refractivity contribution < 1.29 is 13.9 Å². The number of likely N-dealkylation sites (tertiary alicyclic amines) is 1. The Morgan fingerprint density at radius 2 is 1.94 bits per heavy atom. The highest BCUT2D eigenvalue weighted by Gasteiger charge is 2.43. The number of aromatic nitrogens is 2. The van der Waals surface area contributed by atoms with Gasteiger partial charge in [-0.1, -0.05) is 41.9 Å². The Kier molecular flexibility index (Phi) is 5.04. The van der Waals surface area contributed by atoms with Gasteiger partial charge in [-0.2, -0.15) is 0 Å². The molecule has 4 heterocycles. The number of rotatable bonds is 3. The summed E-state index contributed by atoms with van der Waals surface area (Å²) in [5.74, 6) is 1.46. The molecule has 1 saturated heterocycles. The van der Waals surface area contributed by atoms with Crippen molar-refractivity contribution >= 4 is 28.4 Å². The third-order valence-corrected chi connectivity index (χ3v) is 7.50. The standard InChI is InChI=1S/C27H26ClN3O3/c1-17-24(29-18(2)34-17)15-31-14-22(21-8-7-20(28)13-25(21)31)26(32)30-11-9-27(10-12-30)23-6-4-3-5-19(23)16-33-27/h3-8,13-14H,9-12,15-16H2,1-2H3. The van der Waals surface area contributed by atoms with Gasteiger partial charge in [0.1, 0.15) is 11.5 Å². The average molecular weight is 476 g/mol. The predicted molar refractivity (Wildman–Crippen MR) is 130 cm³/mol. The highest BCUT2D eigenvalue weighted by Crippen LogP contribution is 2.44. The van der Waals surface area contributed by atoms with Crippen LogP contribution in [0.25, 0.3) is 10.9 Å². The Labute approximate surface area is 203 Å². The molecular formula is C27H26ClN3O3. The van der Waals surface area contributed by atoms with Gasteiger partial charge in [0, 0.05) is 36.6 Å². The molecule has 2 aromatic carbocycles. The first-order valence-corrected chi connectivity index (χ1v) is 12.0. The lowest BCUT2D eigenvalue weighted by molar-refractivity contribution is -0.0741. The van der Waals surface area contributed by atoms with Crippen LogP contribution in [0.2, 0.25) is 5.02 Å². The van der Waals surface area contributed by atoms with Gasteiger partial charge in [0.05, 0.1) is 29.8 Å². The number of aryl methyl sites for hydroxylation is 2. The number of oxazole rings is 1. The Bertz CT molecular complexity index is 1410. The summed E-state index contributed by atoms with van der Waals surface area (Å²) in [6.07, 6.45) is 3.54. The molecule has 1 spiro atoms. The van der Waals surface area contributed by atoms with Crippen LogP contribution >= 0.6 is 11.6 Å². The number of hydrogen-bond donors (Lipinski definition) is 0. The van der Waals surface area contributed by atoms with E-state index in [2.05, 4.69) is 29.2 Å². The van der Waals surface area contributed by atoms with Crippen molar-refractivity contribution in [2.45, 2.75) is 45.4 Å². The second-order valence-corrected chi connectivity index (χ2v) is 9.74. The first kappa shape index (κ1) is 21.4. The van der Waals surface area contributed by atoms with Crippen LogP contribution in [0.3, 0.4) is 0 Å². The van der Waals surface area contributed by atoms with Crippen LogP contribution in [0.5, 0.6) is 0 Å². The maximum atomic E-state index is 13.7. The summed E-state index contributed by atoms with van der Waals surface area (Å²) in [7, 11) is 0. The Hall–Kier alpha value is -3.09. The second-order valence-electron chi connectivity index (χ2n) is 9.30. The molecule has 2 aliphatic heterocycles. The number of carbonyl (C=O) groups is 1. The fourth-order valence-corrected chi connectivity index (χ4v) is 5.65. The van der Waals surface area contributed by atoms with E-state index in [1.807, 2.05) is 47.7 Å². The molecule has 0 saturated carbocycles. The molecule has 1 amide bonds. The molecule has 2 aromatic heterocycles. The van der Waals surface area contributed by atoms with E-state index in [9.17, 15) is 4.79 Å². The van der Waals surface area contributed by atoms with Crippen LogP contribution in [0.4, 0.5) is 0 Å². The lowest BCUT2D eigenvalue weighted by atomic mass is 9.83. The van der Waals surface area contributed by atoms with Crippen molar-refractivity contribution in [3.05, 3.63) is 87.7 Å². The van der Waals surface area contributed by atoms with Gasteiger partial charge in [-0.3, -0.25) is 4.79 Å². The zero-order valence-electron chi connectivity index (χ0n) is 19.3. The highest BCUT2D eigenvalue weighted by molar-refractivity contribution is 6.31. The maximum Gasteiger partial charge on any atom is 0.256 e. The van der Waals surface area contributed by atoms with Crippen LogP contribution in [0, 0.1) is 13.8 Å². The highest BCUT2D eigenvalue weighted by atomic mass is 35.5. The monoisotopic (exact) mass is 475 g/mol. The fraction of sp³-hybridized carbons (Fsp3) is 0.333. The van der Waals surface area contributed by atoms with Gasteiger partial charge >= 0.3 is 0 Å². The summed E-state index contributed by atoms with van der Waals surface area (Å²) in [4.78, 5) is 20.2. The second kappa shape index (κ2) is 8.00. The van der Waals surface area contributed by atoms with Crippen LogP contribution < -0.4 is 0 Å². The molecule has 4 aromatic rings. The summed E-state index contributed by atoms with van der Waals surface area (Å²) in [6.45, 7) is 6.24. The number of benzene rings is 2. The lowest BCUT2D eigenvalue weighted by Gasteiger charge is -2.39. The lowest BCUT2D eigenvalue weighted by Crippen LogP contribution is -2.45. The van der Waals surface area contributed by atoms with Crippen molar-refractivity contribution in [3.8, 4) is 0 Å². The van der Waals surface area contributed by atoms with Gasteiger partial charge in [-0.25, -0.2) is 4.98 Å². The number of hydrogen-bond acceptors (Lipinski definition) is 4. The third-order valence-electron chi connectivity index (χ3n) is 7.26. The molecule has 0 radical (unpaired) electrons. The van der Waals surface area contributed by atoms with E-state index in [-0.39, 0.29) is 11.5 Å². The zero-order chi connectivity index (χ0) is 23.4. The molecule has 0 atom stereocenters. The fourth-order valence-electron chi connectivity index (χ4n) is 5.49. The largest absolute Gasteiger partial charge is 0.446 e. The molecular weight excluding hydrogens is 450 g/mol. The van der Waals surface area contributed by atoms with Gasteiger partial charge in [0.15, 0.2) is 5.89 Å². The summed E-state index contributed by atoms with van der Waals surface area (Å²) in [6, 6.07) is 14.1. The van der Waals surface area contributed by atoms with Crippen LogP contribution in [-0.4, -0.2) is 33.4 Å². The van der Waals surface area contributed by atoms with E-state index < -0.39 is 0 Å². The molecule has 2 aliphatic rings. The van der Waals surface area contributed by atoms with E-state index in [1.165, 1.54) is 11.1 Å². The third kappa shape index (κ3) is 3.44. The van der Waals surface area contributed by atoms with Crippen LogP contribution in [0.15, 0.2) is 53.1 Å². The van der Waals surface area contributed by atoms with Gasteiger partial charge in [-0.15, -0.1) is 0 Å². The summed E-state index contributed by atoms with van der Waals surface area (Å²) < 4.78 is 13.9. The van der Waals surface area contributed by atoms with Crippen molar-refractivity contribution in [1.82, 2.24) is 14.5 Å². The van der Waals surface area contributed by atoms with Crippen molar-refractivity contribution in [2.75, 3.05) is 13.1 Å². The minimum absolute atomic E-state index is 0.0419. The molecule has 0 N–H and O–H groups in total. The van der Waals surface area contributed by atoms with Crippen LogP contribution in [-0.2, 0) is 23.5 Å². The molecule has 0 aliphatic carbocycles. The molecule has 1 fully saturated rings. The summed E-state index contributed by atoms with van der Waals surface area (Å²) in [5, 5.41) is 1.53. The number of amides is 1. The van der Waals surface area contributed by atoms with E-state index in [1.54, 1.807) is 0 Å². The Balaban J connectivity index is 1.29. The Morgan fingerprint density at radius 3 is 2.71 bits per heavy atom. The minimum Gasteiger partial charge on any atom is -0.446 e. The number of piperidine rings is 1. The zero-order valence-corrected chi connectivity index (χ0v) is 20.1. The molecule has 174 valence electrons. The minimum atomic E-state index is -0.267. The number of halogens is 1. The number of fused-ring (bicyclic) bond motifs is 3. The molecule has 7 heteroatoms. The topological polar surface area (TPSA) is 60.5 Å². The van der Waals surface area contributed by atoms with E-state index in [0.717, 1.165) is 35.2 Å². The van der Waals surface area contributed by atoms with Gasteiger partial charge in [0.25, 0.3) is 5.91 Å². The van der Waals surface area contributed by atoms with Crippen molar-refractivity contribution in [2.24, 2.45) is 0 Å². The summed E-state index contributed by atoms with van der Waals surface area (Å²) in [5.41, 5.74) is 4.74. The van der Waals surface area contributed by atoms with E-state index in [0.29, 0.717) is 42.7 Å². The first-order chi connectivity index (χ1) is 16.4. The smallest absolute Gasteiger partial charge is 0.256 e. The molecule has 0 unspecified atom stereocenters. The average Bonchev–Trinajstić information content (AvgIpc) is 3.48. The maximum absolute atomic E-state index is 13.7. The van der Waals surface area contributed by atoms with Gasteiger partial charge < -0.3 is 18.6 Å². The van der Waals surface area contributed by atoms with Crippen molar-refractivity contribution in [1.29, 1.82) is 0 Å². The molecule has 34 heavy (non-hydrogen) atoms. The number of carbonyl (C=O) groups excluding carboxylic acids is 1. The Morgan fingerprint density at radius 1 is 1.15 bits per heavy atom. The number of nitrogens with zero attached hydrogens (tertiary/aromatic N) is 3. The predicted octanol–water partition coefficient (Wildman–Crippen LogP) is 5.61. The molecule has 0 bridgehead atoms. The van der Waals surface area contributed by atoms with Crippen LogP contribution in [0.1, 0.15) is 51.7 Å². The van der Waals surface area contributed by atoms with Gasteiger partial charge in [-0.05, 0) is 43.0 Å². The first-order valence-electron chi connectivity index (χ1n) is 11.7. The van der Waals surface area contributed by atoms with E-state index >= 15 is 0 Å². The number of ether oxygens (including phenoxy) is 1. The van der Waals surface area contributed by atoms with Crippen molar-refractivity contribution in [3.63, 3.8) is 0 Å². The molecule has 6 rings (SSSR count). The quantitative estimate of drug-likeness (QED) is 0.386. The molecule has 6 nitrogen and oxygen atoms in total. The summed E-state index contributed by atoms with van der Waals surface area (Å²) >= 11 is 6.32.